The SMILES string of the molecule is CC(C)(S)C(=O)C[C@@H](CSC(=O)OCOC(=O)c1ccccc1)C(=O)Oc1ccccc1. The Kier molecular flexibility index (Phi) is 9.80. The highest BCUT2D eigenvalue weighted by molar-refractivity contribution is 8.13. The number of esters is 2. The molecule has 0 saturated heterocycles. The van der Waals surface area contributed by atoms with Gasteiger partial charge in [-0.25, -0.2) is 9.59 Å². The molecule has 2 aromatic carbocycles. The summed E-state index contributed by atoms with van der Waals surface area (Å²) < 4.78 is 14.2. The second kappa shape index (κ2) is 12.3. The Balaban J connectivity index is 1.88. The van der Waals surface area contributed by atoms with Crippen molar-refractivity contribution < 1.29 is 33.4 Å². The van der Waals surface area contributed by atoms with E-state index in [1.807, 2.05) is 0 Å². The molecule has 1 atom stereocenters. The molecule has 0 bridgehead atoms. The van der Waals surface area contributed by atoms with Crippen molar-refractivity contribution in [1.29, 1.82) is 0 Å². The van der Waals surface area contributed by atoms with Crippen molar-refractivity contribution in [2.24, 2.45) is 5.92 Å². The number of Topliss-reactive ketones (excluding diaryl/α,β-unsaturated/α-hetero) is 1. The summed E-state index contributed by atoms with van der Waals surface area (Å²) in [4.78, 5) is 48.9. The minimum atomic E-state index is -0.942. The van der Waals surface area contributed by atoms with Crippen LogP contribution in [0.2, 0.25) is 0 Å². The predicted molar refractivity (Wildman–Crippen MR) is 124 cm³/mol. The normalized spacial score (nSPS) is 11.8. The summed E-state index contributed by atoms with van der Waals surface area (Å²) in [6.45, 7) is 2.68. The zero-order chi connectivity index (χ0) is 23.6. The zero-order valence-corrected chi connectivity index (χ0v) is 19.4. The maximum atomic E-state index is 12.6. The Hall–Kier alpha value is -2.78. The summed E-state index contributed by atoms with van der Waals surface area (Å²) in [7, 11) is 0. The molecule has 0 aliphatic carbocycles. The number of ether oxygens (including phenoxy) is 3. The van der Waals surface area contributed by atoms with Crippen molar-refractivity contribution in [1.82, 2.24) is 0 Å². The Morgan fingerprint density at radius 2 is 1.53 bits per heavy atom. The van der Waals surface area contributed by atoms with Gasteiger partial charge in [0.1, 0.15) is 11.5 Å². The van der Waals surface area contributed by atoms with Crippen LogP contribution in [0.4, 0.5) is 4.79 Å². The molecule has 0 amide bonds. The fourth-order valence-electron chi connectivity index (χ4n) is 2.37. The molecule has 0 N–H and O–H groups in total. The van der Waals surface area contributed by atoms with Gasteiger partial charge >= 0.3 is 17.2 Å². The van der Waals surface area contributed by atoms with Crippen LogP contribution in [-0.4, -0.2) is 40.3 Å². The maximum absolute atomic E-state index is 12.6. The smallest absolute Gasteiger partial charge is 0.370 e. The van der Waals surface area contributed by atoms with Gasteiger partial charge in [0.2, 0.25) is 6.79 Å². The topological polar surface area (TPSA) is 96.0 Å². The van der Waals surface area contributed by atoms with Gasteiger partial charge in [-0.15, -0.1) is 0 Å². The van der Waals surface area contributed by atoms with E-state index in [1.165, 1.54) is 0 Å². The van der Waals surface area contributed by atoms with Crippen molar-refractivity contribution in [3.63, 3.8) is 0 Å². The summed E-state index contributed by atoms with van der Waals surface area (Å²) >= 11 is 4.94. The van der Waals surface area contributed by atoms with E-state index >= 15 is 0 Å². The predicted octanol–water partition coefficient (Wildman–Crippen LogP) is 4.56. The van der Waals surface area contributed by atoms with Gasteiger partial charge in [0.05, 0.1) is 16.2 Å². The molecular formula is C23H24O7S2. The van der Waals surface area contributed by atoms with E-state index in [0.29, 0.717) is 23.1 Å². The number of rotatable bonds is 10. The number of thioether (sulfide) groups is 1. The average molecular weight is 477 g/mol. The van der Waals surface area contributed by atoms with Gasteiger partial charge < -0.3 is 14.2 Å². The number of benzene rings is 2. The first-order chi connectivity index (χ1) is 15.2. The molecular weight excluding hydrogens is 452 g/mol. The molecule has 0 aliphatic heterocycles. The summed E-state index contributed by atoms with van der Waals surface area (Å²) in [6, 6.07) is 16.7. The lowest BCUT2D eigenvalue weighted by atomic mass is 9.97. The number of para-hydroxylation sites is 1. The first-order valence-electron chi connectivity index (χ1n) is 9.71. The minimum absolute atomic E-state index is 0.0489. The molecule has 170 valence electrons. The minimum Gasteiger partial charge on any atom is -0.426 e. The third-order valence-electron chi connectivity index (χ3n) is 4.19. The Labute approximate surface area is 196 Å². The largest absolute Gasteiger partial charge is 0.426 e. The number of carbonyl (C=O) groups is 4. The van der Waals surface area contributed by atoms with Crippen LogP contribution in [0.3, 0.4) is 0 Å². The molecule has 2 aromatic rings. The Bertz CT molecular complexity index is 924. The quantitative estimate of drug-likeness (QED) is 0.231. The second-order valence-electron chi connectivity index (χ2n) is 7.24. The third kappa shape index (κ3) is 8.76. The van der Waals surface area contributed by atoms with Crippen LogP contribution in [0, 0.1) is 5.92 Å². The highest BCUT2D eigenvalue weighted by atomic mass is 32.2. The number of hydrogen-bond donors (Lipinski definition) is 1. The standard InChI is InChI=1S/C23H24O7S2/c1-23(2,31)19(24)13-17(21(26)30-18-11-7-4-8-12-18)14-32-22(27)29-15-28-20(25)16-9-5-3-6-10-16/h3-12,17,31H,13-15H2,1-2H3/t17-/m0/s1. The van der Waals surface area contributed by atoms with Crippen LogP contribution in [0.1, 0.15) is 30.6 Å². The lowest BCUT2D eigenvalue weighted by molar-refractivity contribution is -0.140. The lowest BCUT2D eigenvalue weighted by Crippen LogP contribution is -2.32. The second-order valence-corrected chi connectivity index (χ2v) is 9.31. The molecule has 9 heteroatoms. The van der Waals surface area contributed by atoms with Crippen molar-refractivity contribution in [2.45, 2.75) is 25.0 Å². The van der Waals surface area contributed by atoms with E-state index in [2.05, 4.69) is 12.6 Å². The van der Waals surface area contributed by atoms with E-state index in [9.17, 15) is 19.2 Å². The van der Waals surface area contributed by atoms with Crippen LogP contribution in [0.15, 0.2) is 60.7 Å². The van der Waals surface area contributed by atoms with Gasteiger partial charge in [-0.05, 0) is 49.9 Å². The summed E-state index contributed by atoms with van der Waals surface area (Å²) in [5, 5.41) is -0.749. The van der Waals surface area contributed by atoms with E-state index in [0.717, 1.165) is 0 Å². The van der Waals surface area contributed by atoms with Crippen LogP contribution >= 0.6 is 24.4 Å². The van der Waals surface area contributed by atoms with Crippen LogP contribution in [0.5, 0.6) is 5.75 Å². The van der Waals surface area contributed by atoms with Crippen molar-refractivity contribution >= 4 is 47.4 Å². The molecule has 0 spiro atoms. The molecule has 2 rings (SSSR count). The molecule has 0 aromatic heterocycles. The van der Waals surface area contributed by atoms with E-state index in [4.69, 9.17) is 14.2 Å². The molecule has 0 fully saturated rings. The fourth-order valence-corrected chi connectivity index (χ4v) is 3.18. The van der Waals surface area contributed by atoms with E-state index in [1.54, 1.807) is 74.5 Å². The lowest BCUT2D eigenvalue weighted by Gasteiger charge is -2.20. The van der Waals surface area contributed by atoms with Crippen LogP contribution < -0.4 is 4.74 Å². The van der Waals surface area contributed by atoms with Crippen molar-refractivity contribution in [3.8, 4) is 5.75 Å². The highest BCUT2D eigenvalue weighted by Gasteiger charge is 2.31. The van der Waals surface area contributed by atoms with E-state index in [-0.39, 0.29) is 18.0 Å². The van der Waals surface area contributed by atoms with Gasteiger partial charge in [0.15, 0.2) is 0 Å². The first-order valence-corrected chi connectivity index (χ1v) is 11.1. The summed E-state index contributed by atoms with van der Waals surface area (Å²) in [5.41, 5.74) is 0.327. The summed E-state index contributed by atoms with van der Waals surface area (Å²) in [5.74, 6) is -2.14. The Morgan fingerprint density at radius 1 is 0.938 bits per heavy atom. The van der Waals surface area contributed by atoms with Gasteiger partial charge in [-0.2, -0.15) is 12.6 Å². The van der Waals surface area contributed by atoms with Gasteiger partial charge in [0.25, 0.3) is 0 Å². The molecule has 32 heavy (non-hydrogen) atoms. The fraction of sp³-hybridized carbons (Fsp3) is 0.304. The number of thiol groups is 1. The monoisotopic (exact) mass is 476 g/mol. The third-order valence-corrected chi connectivity index (χ3v) is 5.36. The highest BCUT2D eigenvalue weighted by Crippen LogP contribution is 2.24. The summed E-state index contributed by atoms with van der Waals surface area (Å²) in [6.07, 6.45) is -0.147. The van der Waals surface area contributed by atoms with Gasteiger partial charge in [-0.1, -0.05) is 36.4 Å². The molecule has 0 heterocycles. The molecule has 7 nitrogen and oxygen atoms in total. The van der Waals surface area contributed by atoms with Crippen LogP contribution in [-0.2, 0) is 19.1 Å². The van der Waals surface area contributed by atoms with Gasteiger partial charge in [0, 0.05) is 12.2 Å². The number of carbonyl (C=O) groups excluding carboxylic acids is 4. The number of ketones is 1. The maximum Gasteiger partial charge on any atom is 0.370 e. The average Bonchev–Trinajstić information content (AvgIpc) is 2.76. The van der Waals surface area contributed by atoms with Gasteiger partial charge in [-0.3, -0.25) is 9.59 Å². The van der Waals surface area contributed by atoms with Crippen molar-refractivity contribution in [2.75, 3.05) is 12.5 Å². The molecule has 0 radical (unpaired) electrons. The zero-order valence-electron chi connectivity index (χ0n) is 17.7. The Morgan fingerprint density at radius 3 is 2.12 bits per heavy atom. The van der Waals surface area contributed by atoms with Crippen LogP contribution in [0.25, 0.3) is 0 Å². The molecule has 0 saturated carbocycles. The van der Waals surface area contributed by atoms with Crippen molar-refractivity contribution in [3.05, 3.63) is 66.2 Å². The van der Waals surface area contributed by atoms with E-state index < -0.39 is 34.7 Å². The first kappa shape index (κ1) is 25.5. The number of hydrogen-bond acceptors (Lipinski definition) is 9. The molecule has 0 unspecified atom stereocenters. The molecule has 0 aliphatic rings.